The zero-order valence-corrected chi connectivity index (χ0v) is 34.7. The summed E-state index contributed by atoms with van der Waals surface area (Å²) in [6, 6.07) is 0.979. The van der Waals surface area contributed by atoms with Crippen molar-refractivity contribution < 1.29 is 30.5 Å². The van der Waals surface area contributed by atoms with Gasteiger partial charge in [-0.1, -0.05) is 82.8 Å². The third kappa shape index (κ3) is 9.28. The quantitative estimate of drug-likeness (QED) is 0.0785. The van der Waals surface area contributed by atoms with Gasteiger partial charge in [0, 0.05) is 48.5 Å². The van der Waals surface area contributed by atoms with Crippen molar-refractivity contribution in [3.05, 3.63) is 48.2 Å². The van der Waals surface area contributed by atoms with Gasteiger partial charge in [-0.15, -0.1) is 0 Å². The molecule has 8 atom stereocenters. The molecule has 4 aliphatic carbocycles. The Morgan fingerprint density at radius 1 is 0.660 bits per heavy atom. The maximum atomic E-state index is 11.4. The van der Waals surface area contributed by atoms with Gasteiger partial charge in [0.2, 0.25) is 0 Å². The van der Waals surface area contributed by atoms with E-state index in [-0.39, 0.29) is 22.3 Å². The molecule has 6 rings (SSSR count). The average molecular weight is 774 g/mol. The van der Waals surface area contributed by atoms with Crippen LogP contribution >= 0.6 is 0 Å². The summed E-state index contributed by atoms with van der Waals surface area (Å²) in [7, 11) is -7.89. The molecule has 298 valence electrons. The molecular weight excluding hydrogens is 705 g/mol. The van der Waals surface area contributed by atoms with Crippen molar-refractivity contribution in [2.24, 2.45) is 46.3 Å². The Kier molecular flexibility index (Phi) is 12.9. The lowest BCUT2D eigenvalue weighted by Crippen LogP contribution is -2.46. The highest BCUT2D eigenvalue weighted by Crippen LogP contribution is 2.59. The van der Waals surface area contributed by atoms with E-state index in [1.807, 2.05) is 0 Å². The molecule has 53 heavy (non-hydrogen) atoms. The summed E-state index contributed by atoms with van der Waals surface area (Å²) in [5.74, 6) is 4.04. The van der Waals surface area contributed by atoms with E-state index in [2.05, 4.69) is 79.7 Å². The van der Waals surface area contributed by atoms with Gasteiger partial charge in [-0.3, -0.25) is 9.11 Å². The lowest BCUT2D eigenvalue weighted by atomic mass is 9.57. The van der Waals surface area contributed by atoms with Crippen molar-refractivity contribution >= 4 is 25.9 Å². The molecule has 1 saturated heterocycles. The zero-order valence-electron chi connectivity index (χ0n) is 33.0. The molecule has 6 aliphatic rings. The van der Waals surface area contributed by atoms with Gasteiger partial charge in [0.1, 0.15) is 6.54 Å². The summed E-state index contributed by atoms with van der Waals surface area (Å²) in [5.41, 5.74) is 2.79. The highest BCUT2D eigenvalue weighted by atomic mass is 32.2. The van der Waals surface area contributed by atoms with Crippen LogP contribution < -0.4 is 0 Å². The van der Waals surface area contributed by atoms with E-state index in [9.17, 15) is 25.9 Å². The predicted molar refractivity (Wildman–Crippen MR) is 215 cm³/mol. The third-order valence-electron chi connectivity index (χ3n) is 14.8. The van der Waals surface area contributed by atoms with E-state index in [0.29, 0.717) is 36.8 Å². The molecule has 4 saturated carbocycles. The number of nitrogens with zero attached hydrogens (tertiary/aromatic N) is 2. The average Bonchev–Trinajstić information content (AvgIpc) is 3.45. The number of hydrogen-bond donors (Lipinski definition) is 2. The topological polar surface area (TPSA) is 115 Å². The molecule has 0 amide bonds. The van der Waals surface area contributed by atoms with Crippen LogP contribution in [0, 0.1) is 46.3 Å². The minimum Gasteiger partial charge on any atom is -0.371 e. The van der Waals surface area contributed by atoms with Crippen molar-refractivity contribution in [1.29, 1.82) is 0 Å². The lowest BCUT2D eigenvalue weighted by Gasteiger charge is -2.47. The van der Waals surface area contributed by atoms with Crippen molar-refractivity contribution in [2.75, 3.05) is 24.6 Å². The minimum atomic E-state index is -3.95. The second-order valence-corrected chi connectivity index (χ2v) is 21.8. The molecule has 5 fully saturated rings. The predicted octanol–water partition coefficient (Wildman–Crippen LogP) is 8.88. The molecule has 10 heteroatoms. The Balaban J connectivity index is 1.18. The van der Waals surface area contributed by atoms with Gasteiger partial charge in [0.25, 0.3) is 20.2 Å². The van der Waals surface area contributed by atoms with E-state index in [0.717, 1.165) is 49.6 Å². The molecular formula is C43H69N2O6S2+. The van der Waals surface area contributed by atoms with E-state index in [4.69, 9.17) is 0 Å². The number of rotatable bonds is 14. The Morgan fingerprint density at radius 2 is 1.23 bits per heavy atom. The second kappa shape index (κ2) is 16.8. The number of allylic oxidation sites excluding steroid dienone is 8. The number of unbranched alkanes of at least 4 members (excludes halogenated alkanes) is 2. The van der Waals surface area contributed by atoms with Crippen molar-refractivity contribution in [2.45, 2.75) is 143 Å². The van der Waals surface area contributed by atoms with Crippen molar-refractivity contribution in [3.63, 3.8) is 0 Å². The Bertz CT molecular complexity index is 1670. The molecule has 8 nitrogen and oxygen atoms in total. The first-order chi connectivity index (χ1) is 25.1. The van der Waals surface area contributed by atoms with Crippen LogP contribution in [0.2, 0.25) is 0 Å². The highest BCUT2D eigenvalue weighted by molar-refractivity contribution is 7.86. The van der Waals surface area contributed by atoms with E-state index in [1.165, 1.54) is 88.5 Å². The normalized spacial score (nSPS) is 35.0. The summed E-state index contributed by atoms with van der Waals surface area (Å²) in [6.45, 7) is 11.4. The fourth-order valence-corrected chi connectivity index (χ4v) is 14.0. The van der Waals surface area contributed by atoms with Gasteiger partial charge in [0.15, 0.2) is 11.8 Å². The number of fused-ring (bicyclic) bond motifs is 6. The molecule has 0 radical (unpaired) electrons. The van der Waals surface area contributed by atoms with Crippen LogP contribution in [0.15, 0.2) is 48.2 Å². The van der Waals surface area contributed by atoms with Crippen LogP contribution in [-0.2, 0) is 20.2 Å². The summed E-state index contributed by atoms with van der Waals surface area (Å²) in [5, 5.41) is 0. The third-order valence-corrected chi connectivity index (χ3v) is 16.4. The standard InChI is InChI=1S/C43H68N2O6S2/c1-42(2)38(44(28-14-16-30-52(46,47)48)36-26-24-32-18-10-12-20-34(32)40(36)42)22-8-6-5-7-9-23-39-43(3,4)41-35-21-13-11-19-33(35)25-27-37(41)45(39)29-15-17-31-53(49,50)51/h5-9,22-23,32-37,40-41H,10-21,24-31H2,1-4H3,(H-,46,47,48,49,50,51)/p+1. The van der Waals surface area contributed by atoms with E-state index < -0.39 is 20.2 Å². The molecule has 2 heterocycles. The van der Waals surface area contributed by atoms with Gasteiger partial charge in [-0.2, -0.15) is 16.8 Å². The summed E-state index contributed by atoms with van der Waals surface area (Å²) in [4.78, 5) is 2.60. The Hall–Kier alpha value is -1.75. The molecule has 0 bridgehead atoms. The molecule has 0 aromatic rings. The van der Waals surface area contributed by atoms with Gasteiger partial charge < -0.3 is 4.90 Å². The minimum absolute atomic E-state index is 0.0337. The summed E-state index contributed by atoms with van der Waals surface area (Å²) < 4.78 is 67.0. The maximum Gasteiger partial charge on any atom is 0.264 e. The monoisotopic (exact) mass is 773 g/mol. The van der Waals surface area contributed by atoms with Gasteiger partial charge in [-0.25, -0.2) is 4.58 Å². The number of hydrogen-bond acceptors (Lipinski definition) is 5. The van der Waals surface area contributed by atoms with Gasteiger partial charge >= 0.3 is 0 Å². The molecule has 2 aliphatic heterocycles. The highest BCUT2D eigenvalue weighted by Gasteiger charge is 2.60. The largest absolute Gasteiger partial charge is 0.371 e. The smallest absolute Gasteiger partial charge is 0.264 e. The van der Waals surface area contributed by atoms with Crippen LogP contribution in [-0.4, -0.2) is 77.8 Å². The number of likely N-dealkylation sites (tertiary alicyclic amines) is 1. The Labute approximate surface area is 321 Å². The summed E-state index contributed by atoms with van der Waals surface area (Å²) in [6.07, 6.45) is 33.5. The SMILES string of the molecule is CC1(C)C(/C=C/C=C/C=C/C=C2/N(CCCCS(=O)(=O)O)C3CCC4CCCCC4C3C2(C)C)=[N+](CCCCS(=O)(=O)O)C2CCC3CCCCC3C21. The van der Waals surface area contributed by atoms with Gasteiger partial charge in [0.05, 0.1) is 16.9 Å². The zero-order chi connectivity index (χ0) is 38.0. The fraction of sp³-hybridized carbons (Fsp3) is 0.791. The second-order valence-electron chi connectivity index (χ2n) is 18.6. The van der Waals surface area contributed by atoms with Crippen LogP contribution in [0.25, 0.3) is 0 Å². The molecule has 8 unspecified atom stereocenters. The molecule has 2 N–H and O–H groups in total. The molecule has 0 aromatic carbocycles. The van der Waals surface area contributed by atoms with Crippen molar-refractivity contribution in [3.8, 4) is 0 Å². The molecule has 0 spiro atoms. The van der Waals surface area contributed by atoms with Crippen LogP contribution in [0.4, 0.5) is 0 Å². The Morgan fingerprint density at radius 3 is 1.89 bits per heavy atom. The van der Waals surface area contributed by atoms with E-state index in [1.54, 1.807) is 0 Å². The first-order valence-electron chi connectivity index (χ1n) is 21.1. The first-order valence-corrected chi connectivity index (χ1v) is 24.3. The summed E-state index contributed by atoms with van der Waals surface area (Å²) >= 11 is 0. The van der Waals surface area contributed by atoms with Crippen LogP contribution in [0.1, 0.15) is 130 Å². The fourth-order valence-electron chi connectivity index (χ4n) is 12.8. The van der Waals surface area contributed by atoms with E-state index >= 15 is 0 Å². The first kappa shape index (κ1) is 40.9. The van der Waals surface area contributed by atoms with Crippen LogP contribution in [0.3, 0.4) is 0 Å². The maximum absolute atomic E-state index is 11.4. The molecule has 0 aromatic heterocycles. The van der Waals surface area contributed by atoms with Crippen LogP contribution in [0.5, 0.6) is 0 Å². The van der Waals surface area contributed by atoms with Gasteiger partial charge in [-0.05, 0) is 101 Å². The lowest BCUT2D eigenvalue weighted by molar-refractivity contribution is -0.569. The van der Waals surface area contributed by atoms with Crippen molar-refractivity contribution in [1.82, 2.24) is 4.90 Å².